The first-order valence-corrected chi connectivity index (χ1v) is 5.88. The van der Waals surface area contributed by atoms with Gasteiger partial charge in [0, 0.05) is 24.4 Å². The normalized spacial score (nSPS) is 12.0. The zero-order chi connectivity index (χ0) is 13.5. The second-order valence-electron chi connectivity index (χ2n) is 3.90. The van der Waals surface area contributed by atoms with Crippen molar-refractivity contribution >= 4 is 23.3 Å². The predicted molar refractivity (Wildman–Crippen MR) is 71.1 cm³/mol. The van der Waals surface area contributed by atoms with E-state index in [0.717, 1.165) is 5.56 Å². The van der Waals surface area contributed by atoms with Crippen LogP contribution in [0.1, 0.15) is 5.56 Å². The monoisotopic (exact) mass is 272 g/mol. The molecule has 100 valence electrons. The summed E-state index contributed by atoms with van der Waals surface area (Å²) >= 11 is 5.82. The van der Waals surface area contributed by atoms with Crippen LogP contribution in [0.15, 0.2) is 18.2 Å². The number of ether oxygens (including phenoxy) is 1. The van der Waals surface area contributed by atoms with Gasteiger partial charge in [0.15, 0.2) is 0 Å². The summed E-state index contributed by atoms with van der Waals surface area (Å²) in [5.74, 6) is 0. The number of hydrogen-bond donors (Lipinski definition) is 3. The highest BCUT2D eigenvalue weighted by atomic mass is 35.5. The topological polar surface area (TPSA) is 70.6 Å². The molecule has 3 N–H and O–H groups in total. The van der Waals surface area contributed by atoms with Gasteiger partial charge < -0.3 is 20.5 Å². The van der Waals surface area contributed by atoms with Crippen LogP contribution >= 0.6 is 11.6 Å². The van der Waals surface area contributed by atoms with Gasteiger partial charge in [0.05, 0.1) is 12.7 Å². The first kappa shape index (κ1) is 14.8. The number of amides is 2. The second kappa shape index (κ2) is 7.20. The smallest absolute Gasteiger partial charge is 0.319 e. The van der Waals surface area contributed by atoms with E-state index in [1.807, 2.05) is 6.92 Å². The van der Waals surface area contributed by atoms with Crippen molar-refractivity contribution in [1.82, 2.24) is 5.32 Å². The third-order valence-corrected chi connectivity index (χ3v) is 2.53. The fourth-order valence-electron chi connectivity index (χ4n) is 1.40. The third-order valence-electron chi connectivity index (χ3n) is 2.29. The number of carbonyl (C=O) groups excluding carboxylic acids is 1. The van der Waals surface area contributed by atoms with Crippen molar-refractivity contribution in [3.05, 3.63) is 28.8 Å². The lowest BCUT2D eigenvalue weighted by Crippen LogP contribution is -2.37. The summed E-state index contributed by atoms with van der Waals surface area (Å²) in [7, 11) is 1.49. The maximum absolute atomic E-state index is 11.6. The first-order valence-electron chi connectivity index (χ1n) is 5.51. The number of urea groups is 1. The number of anilines is 1. The van der Waals surface area contributed by atoms with E-state index < -0.39 is 6.10 Å². The molecule has 0 aliphatic rings. The summed E-state index contributed by atoms with van der Waals surface area (Å²) in [6.45, 7) is 2.16. The molecule has 0 fully saturated rings. The molecule has 0 spiro atoms. The van der Waals surface area contributed by atoms with E-state index in [0.29, 0.717) is 10.7 Å². The summed E-state index contributed by atoms with van der Waals surface area (Å²) in [5.41, 5.74) is 1.55. The minimum atomic E-state index is -0.716. The van der Waals surface area contributed by atoms with Crippen molar-refractivity contribution in [2.45, 2.75) is 13.0 Å². The van der Waals surface area contributed by atoms with Crippen LogP contribution in [0, 0.1) is 6.92 Å². The molecule has 0 aliphatic carbocycles. The maximum Gasteiger partial charge on any atom is 0.319 e. The summed E-state index contributed by atoms with van der Waals surface area (Å²) in [5, 5.41) is 15.2. The maximum atomic E-state index is 11.6. The van der Waals surface area contributed by atoms with Crippen LogP contribution in [0.3, 0.4) is 0 Å². The Labute approximate surface area is 111 Å². The molecule has 1 aromatic rings. The molecule has 1 aromatic carbocycles. The van der Waals surface area contributed by atoms with Gasteiger partial charge in [-0.3, -0.25) is 0 Å². The number of aliphatic hydroxyl groups is 1. The average molecular weight is 273 g/mol. The van der Waals surface area contributed by atoms with Crippen LogP contribution in [0.2, 0.25) is 5.02 Å². The molecule has 0 heterocycles. The van der Waals surface area contributed by atoms with Crippen LogP contribution in [-0.2, 0) is 4.74 Å². The summed E-state index contributed by atoms with van der Waals surface area (Å²) < 4.78 is 4.75. The molecule has 2 amide bonds. The van der Waals surface area contributed by atoms with Crippen molar-refractivity contribution in [1.29, 1.82) is 0 Å². The zero-order valence-electron chi connectivity index (χ0n) is 10.4. The van der Waals surface area contributed by atoms with Crippen LogP contribution in [0.4, 0.5) is 10.5 Å². The average Bonchev–Trinajstić information content (AvgIpc) is 2.31. The lowest BCUT2D eigenvalue weighted by Gasteiger charge is -2.12. The molecule has 0 saturated heterocycles. The molecular weight excluding hydrogens is 256 g/mol. The highest BCUT2D eigenvalue weighted by Crippen LogP contribution is 2.19. The lowest BCUT2D eigenvalue weighted by atomic mass is 10.2. The Morgan fingerprint density at radius 3 is 2.89 bits per heavy atom. The summed E-state index contributed by atoms with van der Waals surface area (Å²) in [6, 6.07) is 4.81. The number of methoxy groups -OCH3 is 1. The number of carbonyl (C=O) groups is 1. The number of rotatable bonds is 5. The highest BCUT2D eigenvalue weighted by molar-refractivity contribution is 6.30. The quantitative estimate of drug-likeness (QED) is 0.765. The SMILES string of the molecule is COCC(O)CNC(=O)Nc1ccc(Cl)cc1C. The van der Waals surface area contributed by atoms with Gasteiger partial charge in [0.2, 0.25) is 0 Å². The Kier molecular flexibility index (Phi) is 5.91. The number of nitrogens with one attached hydrogen (secondary N) is 2. The van der Waals surface area contributed by atoms with Crippen LogP contribution in [0.25, 0.3) is 0 Å². The molecule has 6 heteroatoms. The van der Waals surface area contributed by atoms with Crippen LogP contribution in [0.5, 0.6) is 0 Å². The number of halogens is 1. The van der Waals surface area contributed by atoms with Gasteiger partial charge in [-0.2, -0.15) is 0 Å². The van der Waals surface area contributed by atoms with E-state index in [1.165, 1.54) is 7.11 Å². The van der Waals surface area contributed by atoms with Gasteiger partial charge in [-0.1, -0.05) is 11.6 Å². The molecule has 0 aromatic heterocycles. The fraction of sp³-hybridized carbons (Fsp3) is 0.417. The van der Waals surface area contributed by atoms with Crippen LogP contribution < -0.4 is 10.6 Å². The van der Waals surface area contributed by atoms with Gasteiger partial charge in [-0.05, 0) is 30.7 Å². The van der Waals surface area contributed by atoms with Gasteiger partial charge in [0.25, 0.3) is 0 Å². The second-order valence-corrected chi connectivity index (χ2v) is 4.34. The third kappa shape index (κ3) is 4.91. The van der Waals surface area contributed by atoms with E-state index >= 15 is 0 Å². The molecular formula is C12H17ClN2O3. The van der Waals surface area contributed by atoms with Crippen molar-refractivity contribution in [3.8, 4) is 0 Å². The van der Waals surface area contributed by atoms with Gasteiger partial charge in [-0.25, -0.2) is 4.79 Å². The Morgan fingerprint density at radius 1 is 1.56 bits per heavy atom. The number of aryl methyl sites for hydroxylation is 1. The van der Waals surface area contributed by atoms with Crippen molar-refractivity contribution in [2.24, 2.45) is 0 Å². The fourth-order valence-corrected chi connectivity index (χ4v) is 1.62. The molecule has 0 saturated carbocycles. The zero-order valence-corrected chi connectivity index (χ0v) is 11.1. The van der Waals surface area contributed by atoms with E-state index in [9.17, 15) is 9.90 Å². The molecule has 0 bridgehead atoms. The van der Waals surface area contributed by atoms with Crippen molar-refractivity contribution in [3.63, 3.8) is 0 Å². The molecule has 1 rings (SSSR count). The molecule has 5 nitrogen and oxygen atoms in total. The standard InChI is InChI=1S/C12H17ClN2O3/c1-8-5-9(13)3-4-11(8)15-12(17)14-6-10(16)7-18-2/h3-5,10,16H,6-7H2,1-2H3,(H2,14,15,17). The van der Waals surface area contributed by atoms with Gasteiger partial charge in [-0.15, -0.1) is 0 Å². The Hall–Kier alpha value is -1.30. The number of hydrogen-bond acceptors (Lipinski definition) is 3. The minimum Gasteiger partial charge on any atom is -0.389 e. The molecule has 18 heavy (non-hydrogen) atoms. The minimum absolute atomic E-state index is 0.131. The molecule has 1 atom stereocenters. The Morgan fingerprint density at radius 2 is 2.28 bits per heavy atom. The molecule has 1 unspecified atom stereocenters. The molecule has 0 aliphatic heterocycles. The van der Waals surface area contributed by atoms with Gasteiger partial charge in [0.1, 0.15) is 0 Å². The summed E-state index contributed by atoms with van der Waals surface area (Å²) in [4.78, 5) is 11.6. The largest absolute Gasteiger partial charge is 0.389 e. The molecule has 0 radical (unpaired) electrons. The van der Waals surface area contributed by atoms with Crippen molar-refractivity contribution in [2.75, 3.05) is 25.6 Å². The van der Waals surface area contributed by atoms with Crippen LogP contribution in [-0.4, -0.2) is 37.5 Å². The Bertz CT molecular complexity index is 412. The number of benzene rings is 1. The Balaban J connectivity index is 2.44. The predicted octanol–water partition coefficient (Wildman–Crippen LogP) is 1.78. The lowest BCUT2D eigenvalue weighted by molar-refractivity contribution is 0.0663. The summed E-state index contributed by atoms with van der Waals surface area (Å²) in [6.07, 6.45) is -0.716. The first-order chi connectivity index (χ1) is 8.52. The van der Waals surface area contributed by atoms with E-state index in [2.05, 4.69) is 10.6 Å². The van der Waals surface area contributed by atoms with E-state index in [-0.39, 0.29) is 19.2 Å². The van der Waals surface area contributed by atoms with Crippen molar-refractivity contribution < 1.29 is 14.6 Å². The highest BCUT2D eigenvalue weighted by Gasteiger charge is 2.07. The van der Waals surface area contributed by atoms with E-state index in [1.54, 1.807) is 18.2 Å². The van der Waals surface area contributed by atoms with E-state index in [4.69, 9.17) is 16.3 Å². The number of aliphatic hydroxyl groups excluding tert-OH is 1. The van der Waals surface area contributed by atoms with Gasteiger partial charge >= 0.3 is 6.03 Å².